The van der Waals surface area contributed by atoms with Crippen molar-refractivity contribution in [3.63, 3.8) is 0 Å². The predicted octanol–water partition coefficient (Wildman–Crippen LogP) is 3.01. The SMILES string of the molecule is Cc1ccc(S)cc1C(=O)N(C)Cc1cscn1. The molecule has 1 heterocycles. The minimum absolute atomic E-state index is 0.00333. The predicted molar refractivity (Wildman–Crippen MR) is 76.3 cm³/mol. The Labute approximate surface area is 116 Å². The van der Waals surface area contributed by atoms with Crippen LogP contribution in [0.5, 0.6) is 0 Å². The highest BCUT2D eigenvalue weighted by atomic mass is 32.1. The van der Waals surface area contributed by atoms with Crippen LogP contribution in [0.25, 0.3) is 0 Å². The van der Waals surface area contributed by atoms with Crippen molar-refractivity contribution in [3.05, 3.63) is 45.9 Å². The first-order valence-corrected chi connectivity index (χ1v) is 6.89. The number of aromatic nitrogens is 1. The van der Waals surface area contributed by atoms with Gasteiger partial charge in [-0.15, -0.1) is 24.0 Å². The Bertz CT molecular complexity index is 552. The number of thiol groups is 1. The van der Waals surface area contributed by atoms with Crippen LogP contribution in [-0.2, 0) is 6.54 Å². The van der Waals surface area contributed by atoms with Gasteiger partial charge in [0.2, 0.25) is 0 Å². The van der Waals surface area contributed by atoms with Crippen molar-refractivity contribution in [2.75, 3.05) is 7.05 Å². The molecule has 0 bridgehead atoms. The van der Waals surface area contributed by atoms with Crippen molar-refractivity contribution in [3.8, 4) is 0 Å². The standard InChI is InChI=1S/C13H14N2OS2/c1-9-3-4-11(17)5-12(9)13(16)15(2)6-10-7-18-8-14-10/h3-5,7-8,17H,6H2,1-2H3. The largest absolute Gasteiger partial charge is 0.336 e. The monoisotopic (exact) mass is 278 g/mol. The van der Waals surface area contributed by atoms with Gasteiger partial charge in [0.25, 0.3) is 5.91 Å². The number of hydrogen-bond donors (Lipinski definition) is 1. The molecule has 94 valence electrons. The van der Waals surface area contributed by atoms with E-state index >= 15 is 0 Å². The third kappa shape index (κ3) is 2.91. The zero-order valence-electron chi connectivity index (χ0n) is 10.3. The number of carbonyl (C=O) groups excluding carboxylic acids is 1. The lowest BCUT2D eigenvalue weighted by molar-refractivity contribution is 0.0782. The number of hydrogen-bond acceptors (Lipinski definition) is 4. The molecule has 1 aromatic carbocycles. The van der Waals surface area contributed by atoms with E-state index in [1.807, 2.05) is 24.4 Å². The molecule has 18 heavy (non-hydrogen) atoms. The van der Waals surface area contributed by atoms with Crippen molar-refractivity contribution in [2.45, 2.75) is 18.4 Å². The number of aryl methyl sites for hydroxylation is 1. The minimum atomic E-state index is -0.00333. The molecule has 0 unspecified atom stereocenters. The van der Waals surface area contributed by atoms with Gasteiger partial charge in [-0.05, 0) is 24.6 Å². The Kier molecular flexibility index (Phi) is 4.04. The van der Waals surface area contributed by atoms with E-state index in [1.54, 1.807) is 23.5 Å². The second kappa shape index (κ2) is 5.54. The smallest absolute Gasteiger partial charge is 0.254 e. The molecule has 0 atom stereocenters. The van der Waals surface area contributed by atoms with E-state index in [1.165, 1.54) is 11.3 Å². The number of carbonyl (C=O) groups is 1. The molecule has 0 aliphatic heterocycles. The summed E-state index contributed by atoms with van der Waals surface area (Å²) < 4.78 is 0. The maximum Gasteiger partial charge on any atom is 0.254 e. The van der Waals surface area contributed by atoms with Gasteiger partial charge in [0.05, 0.1) is 17.7 Å². The molecule has 1 amide bonds. The zero-order chi connectivity index (χ0) is 13.1. The average molecular weight is 278 g/mol. The fraction of sp³-hybridized carbons (Fsp3) is 0.231. The van der Waals surface area contributed by atoms with E-state index in [9.17, 15) is 4.79 Å². The Hall–Kier alpha value is -1.33. The molecular weight excluding hydrogens is 264 g/mol. The molecule has 0 saturated carbocycles. The molecule has 3 nitrogen and oxygen atoms in total. The van der Waals surface area contributed by atoms with Crippen LogP contribution < -0.4 is 0 Å². The van der Waals surface area contributed by atoms with Gasteiger partial charge in [-0.2, -0.15) is 0 Å². The van der Waals surface area contributed by atoms with Crippen LogP contribution in [0, 0.1) is 6.92 Å². The van der Waals surface area contributed by atoms with Crippen LogP contribution >= 0.6 is 24.0 Å². The first-order chi connectivity index (χ1) is 8.58. The number of amides is 1. The third-order valence-corrected chi connectivity index (χ3v) is 3.59. The Morgan fingerprint density at radius 2 is 2.28 bits per heavy atom. The summed E-state index contributed by atoms with van der Waals surface area (Å²) in [5.74, 6) is -0.00333. The molecule has 0 N–H and O–H groups in total. The summed E-state index contributed by atoms with van der Waals surface area (Å²) >= 11 is 5.81. The van der Waals surface area contributed by atoms with Crippen LogP contribution in [0.1, 0.15) is 21.6 Å². The summed E-state index contributed by atoms with van der Waals surface area (Å²) in [6, 6.07) is 5.60. The first-order valence-electron chi connectivity index (χ1n) is 5.50. The van der Waals surface area contributed by atoms with Crippen LogP contribution in [0.3, 0.4) is 0 Å². The lowest BCUT2D eigenvalue weighted by Gasteiger charge is -2.17. The lowest BCUT2D eigenvalue weighted by atomic mass is 10.1. The van der Waals surface area contributed by atoms with Crippen LogP contribution in [0.2, 0.25) is 0 Å². The third-order valence-electron chi connectivity index (χ3n) is 2.68. The van der Waals surface area contributed by atoms with Crippen molar-refractivity contribution < 1.29 is 4.79 Å². The van der Waals surface area contributed by atoms with Gasteiger partial charge in [0.15, 0.2) is 0 Å². The molecule has 2 aromatic rings. The normalized spacial score (nSPS) is 10.4. The maximum absolute atomic E-state index is 12.3. The van der Waals surface area contributed by atoms with Gasteiger partial charge in [0, 0.05) is 22.9 Å². The fourth-order valence-electron chi connectivity index (χ4n) is 1.68. The second-order valence-corrected chi connectivity index (χ2v) is 5.38. The van der Waals surface area contributed by atoms with E-state index in [-0.39, 0.29) is 5.91 Å². The number of benzene rings is 1. The maximum atomic E-state index is 12.3. The quantitative estimate of drug-likeness (QED) is 0.876. The topological polar surface area (TPSA) is 33.2 Å². The average Bonchev–Trinajstić information content (AvgIpc) is 2.84. The van der Waals surface area contributed by atoms with Crippen molar-refractivity contribution in [1.82, 2.24) is 9.88 Å². The van der Waals surface area contributed by atoms with Gasteiger partial charge < -0.3 is 4.90 Å². The highest BCUT2D eigenvalue weighted by Crippen LogP contribution is 2.16. The Morgan fingerprint density at radius 1 is 1.50 bits per heavy atom. The molecule has 0 fully saturated rings. The van der Waals surface area contributed by atoms with E-state index in [4.69, 9.17) is 0 Å². The molecule has 0 aliphatic carbocycles. The zero-order valence-corrected chi connectivity index (χ0v) is 12.0. The van der Waals surface area contributed by atoms with Gasteiger partial charge in [-0.25, -0.2) is 4.98 Å². The number of nitrogens with zero attached hydrogens (tertiary/aromatic N) is 2. The van der Waals surface area contributed by atoms with E-state index < -0.39 is 0 Å². The van der Waals surface area contributed by atoms with E-state index in [0.717, 1.165) is 16.2 Å². The summed E-state index contributed by atoms with van der Waals surface area (Å²) in [5.41, 5.74) is 4.34. The van der Waals surface area contributed by atoms with Crippen LogP contribution in [0.15, 0.2) is 34.0 Å². The van der Waals surface area contributed by atoms with Gasteiger partial charge in [0.1, 0.15) is 0 Å². The minimum Gasteiger partial charge on any atom is -0.336 e. The highest BCUT2D eigenvalue weighted by Gasteiger charge is 2.15. The molecule has 2 rings (SSSR count). The van der Waals surface area contributed by atoms with Gasteiger partial charge in [-0.3, -0.25) is 4.79 Å². The Morgan fingerprint density at radius 3 is 2.94 bits per heavy atom. The van der Waals surface area contributed by atoms with Crippen LogP contribution in [-0.4, -0.2) is 22.8 Å². The van der Waals surface area contributed by atoms with Crippen molar-refractivity contribution >= 4 is 29.9 Å². The summed E-state index contributed by atoms with van der Waals surface area (Å²) in [4.78, 5) is 19.0. The molecule has 0 saturated heterocycles. The van der Waals surface area contributed by atoms with E-state index in [0.29, 0.717) is 12.1 Å². The highest BCUT2D eigenvalue weighted by molar-refractivity contribution is 7.80. The first kappa shape index (κ1) is 13.1. The van der Waals surface area contributed by atoms with Crippen molar-refractivity contribution in [2.24, 2.45) is 0 Å². The molecular formula is C13H14N2OS2. The second-order valence-electron chi connectivity index (χ2n) is 4.14. The molecule has 0 aliphatic rings. The van der Waals surface area contributed by atoms with Gasteiger partial charge >= 0.3 is 0 Å². The van der Waals surface area contributed by atoms with Crippen LogP contribution in [0.4, 0.5) is 0 Å². The summed E-state index contributed by atoms with van der Waals surface area (Å²) in [7, 11) is 1.78. The number of thiazole rings is 1. The molecule has 0 spiro atoms. The number of rotatable bonds is 3. The summed E-state index contributed by atoms with van der Waals surface area (Å²) in [5, 5.41) is 1.95. The summed E-state index contributed by atoms with van der Waals surface area (Å²) in [6.45, 7) is 2.45. The Balaban J connectivity index is 2.17. The van der Waals surface area contributed by atoms with Gasteiger partial charge in [-0.1, -0.05) is 6.07 Å². The molecule has 0 radical (unpaired) electrons. The van der Waals surface area contributed by atoms with E-state index in [2.05, 4.69) is 17.6 Å². The van der Waals surface area contributed by atoms with Crippen molar-refractivity contribution in [1.29, 1.82) is 0 Å². The fourth-order valence-corrected chi connectivity index (χ4v) is 2.43. The lowest BCUT2D eigenvalue weighted by Crippen LogP contribution is -2.27. The summed E-state index contributed by atoms with van der Waals surface area (Å²) in [6.07, 6.45) is 0. The molecule has 5 heteroatoms. The molecule has 1 aromatic heterocycles.